The first kappa shape index (κ1) is 20.2. The molecule has 4 rings (SSSR count). The van der Waals surface area contributed by atoms with E-state index in [1.807, 2.05) is 60.0 Å². The van der Waals surface area contributed by atoms with Crippen molar-refractivity contribution >= 4 is 11.7 Å². The summed E-state index contributed by atoms with van der Waals surface area (Å²) in [5.41, 5.74) is 7.58. The average molecular weight is 405 g/mol. The number of urea groups is 1. The smallest absolute Gasteiger partial charge is 0.322 e. The summed E-state index contributed by atoms with van der Waals surface area (Å²) in [6, 6.07) is 16.0. The van der Waals surface area contributed by atoms with Gasteiger partial charge in [-0.2, -0.15) is 5.10 Å². The Kier molecular flexibility index (Phi) is 5.86. The molecule has 2 aromatic carbocycles. The van der Waals surface area contributed by atoms with E-state index in [4.69, 9.17) is 4.74 Å². The highest BCUT2D eigenvalue weighted by Gasteiger charge is 2.26. The Morgan fingerprint density at radius 2 is 1.87 bits per heavy atom. The maximum atomic E-state index is 12.8. The number of aromatic nitrogens is 2. The van der Waals surface area contributed by atoms with Gasteiger partial charge in [0.05, 0.1) is 25.5 Å². The first-order valence-corrected chi connectivity index (χ1v) is 10.3. The minimum absolute atomic E-state index is 0.0832. The van der Waals surface area contributed by atoms with Crippen molar-refractivity contribution in [1.29, 1.82) is 0 Å². The summed E-state index contributed by atoms with van der Waals surface area (Å²) < 4.78 is 7.90. The minimum atomic E-state index is -0.0832. The first-order valence-electron chi connectivity index (χ1n) is 10.3. The maximum absolute atomic E-state index is 12.8. The Bertz CT molecular complexity index is 1040. The molecule has 0 fully saturated rings. The molecule has 0 spiro atoms. The lowest BCUT2D eigenvalue weighted by Crippen LogP contribution is -2.39. The molecule has 2 amide bonds. The van der Waals surface area contributed by atoms with Gasteiger partial charge in [0, 0.05) is 37.0 Å². The predicted molar refractivity (Wildman–Crippen MR) is 117 cm³/mol. The van der Waals surface area contributed by atoms with Crippen LogP contribution in [0.3, 0.4) is 0 Å². The number of carbonyl (C=O) groups is 1. The zero-order valence-corrected chi connectivity index (χ0v) is 17.8. The quantitative estimate of drug-likeness (QED) is 0.688. The summed E-state index contributed by atoms with van der Waals surface area (Å²) in [5, 5.41) is 7.66. The molecule has 3 aromatic rings. The van der Waals surface area contributed by atoms with Crippen LogP contribution in [0.15, 0.2) is 48.5 Å². The van der Waals surface area contributed by atoms with Gasteiger partial charge in [0.1, 0.15) is 0 Å². The number of benzene rings is 2. The Labute approximate surface area is 177 Å². The van der Waals surface area contributed by atoms with Crippen molar-refractivity contribution in [3.63, 3.8) is 0 Å². The number of rotatable bonds is 5. The number of fused-ring (bicyclic) bond motifs is 1. The van der Waals surface area contributed by atoms with Crippen LogP contribution in [-0.4, -0.2) is 27.3 Å². The van der Waals surface area contributed by atoms with Crippen molar-refractivity contribution in [2.24, 2.45) is 7.05 Å². The number of carbonyl (C=O) groups excluding carboxylic acids is 1. The van der Waals surface area contributed by atoms with Crippen LogP contribution in [0.25, 0.3) is 0 Å². The SMILES string of the molecule is Cc1ccc(NC(=O)N2CCc3c(c(COCc4ccccc4C)nn3C)C2)cc1. The molecule has 0 bridgehead atoms. The van der Waals surface area contributed by atoms with Gasteiger partial charge in [-0.05, 0) is 37.1 Å². The fraction of sp³-hybridized carbons (Fsp3) is 0.333. The number of anilines is 1. The van der Waals surface area contributed by atoms with Gasteiger partial charge in [-0.15, -0.1) is 0 Å². The summed E-state index contributed by atoms with van der Waals surface area (Å²) in [6.07, 6.45) is 0.790. The summed E-state index contributed by atoms with van der Waals surface area (Å²) in [6.45, 7) is 6.33. The van der Waals surface area contributed by atoms with E-state index in [1.54, 1.807) is 0 Å². The molecule has 2 heterocycles. The lowest BCUT2D eigenvalue weighted by molar-refractivity contribution is 0.103. The van der Waals surface area contributed by atoms with Gasteiger partial charge in [0.15, 0.2) is 0 Å². The van der Waals surface area contributed by atoms with E-state index in [0.717, 1.165) is 23.4 Å². The summed E-state index contributed by atoms with van der Waals surface area (Å²) in [5.74, 6) is 0. The van der Waals surface area contributed by atoms with Gasteiger partial charge in [0.2, 0.25) is 0 Å². The minimum Gasteiger partial charge on any atom is -0.370 e. The highest BCUT2D eigenvalue weighted by Crippen LogP contribution is 2.24. The molecule has 0 saturated heterocycles. The zero-order chi connectivity index (χ0) is 21.1. The van der Waals surface area contributed by atoms with Crippen LogP contribution < -0.4 is 5.32 Å². The van der Waals surface area contributed by atoms with Crippen molar-refractivity contribution in [3.05, 3.63) is 82.2 Å². The molecule has 1 aliphatic heterocycles. The number of ether oxygens (including phenoxy) is 1. The first-order chi connectivity index (χ1) is 14.5. The fourth-order valence-corrected chi connectivity index (χ4v) is 3.83. The Morgan fingerprint density at radius 3 is 2.63 bits per heavy atom. The number of nitrogens with one attached hydrogen (secondary N) is 1. The second-order valence-electron chi connectivity index (χ2n) is 7.88. The number of amides is 2. The molecule has 0 radical (unpaired) electrons. The van der Waals surface area contributed by atoms with Crippen molar-refractivity contribution in [2.45, 2.75) is 40.0 Å². The summed E-state index contributed by atoms with van der Waals surface area (Å²) in [4.78, 5) is 14.6. The highest BCUT2D eigenvalue weighted by molar-refractivity contribution is 5.89. The second-order valence-corrected chi connectivity index (χ2v) is 7.88. The number of aryl methyl sites for hydroxylation is 3. The molecule has 1 aliphatic rings. The van der Waals surface area contributed by atoms with Gasteiger partial charge in [0.25, 0.3) is 0 Å². The topological polar surface area (TPSA) is 59.4 Å². The lowest BCUT2D eigenvalue weighted by atomic mass is 10.1. The number of hydrogen-bond donors (Lipinski definition) is 1. The van der Waals surface area contributed by atoms with E-state index in [-0.39, 0.29) is 6.03 Å². The van der Waals surface area contributed by atoms with Gasteiger partial charge < -0.3 is 15.0 Å². The highest BCUT2D eigenvalue weighted by atomic mass is 16.5. The number of nitrogens with zero attached hydrogens (tertiary/aromatic N) is 3. The van der Waals surface area contributed by atoms with Gasteiger partial charge >= 0.3 is 6.03 Å². The van der Waals surface area contributed by atoms with Crippen LogP contribution in [0.5, 0.6) is 0 Å². The van der Waals surface area contributed by atoms with E-state index >= 15 is 0 Å². The third-order valence-corrected chi connectivity index (χ3v) is 5.67. The van der Waals surface area contributed by atoms with Crippen molar-refractivity contribution in [1.82, 2.24) is 14.7 Å². The van der Waals surface area contributed by atoms with E-state index in [2.05, 4.69) is 29.5 Å². The summed E-state index contributed by atoms with van der Waals surface area (Å²) in [7, 11) is 1.96. The van der Waals surface area contributed by atoms with E-state index in [0.29, 0.717) is 26.3 Å². The van der Waals surface area contributed by atoms with Crippen LogP contribution in [0, 0.1) is 13.8 Å². The van der Waals surface area contributed by atoms with Crippen LogP contribution >= 0.6 is 0 Å². The van der Waals surface area contributed by atoms with E-state index < -0.39 is 0 Å². The third-order valence-electron chi connectivity index (χ3n) is 5.67. The molecule has 0 atom stereocenters. The Hall–Kier alpha value is -3.12. The van der Waals surface area contributed by atoms with Gasteiger partial charge in [-0.25, -0.2) is 4.79 Å². The normalized spacial score (nSPS) is 13.2. The molecular weight excluding hydrogens is 376 g/mol. The monoisotopic (exact) mass is 404 g/mol. The molecule has 0 aliphatic carbocycles. The molecular formula is C24H28N4O2. The predicted octanol–water partition coefficient (Wildman–Crippen LogP) is 4.34. The van der Waals surface area contributed by atoms with Crippen LogP contribution in [0.2, 0.25) is 0 Å². The van der Waals surface area contributed by atoms with E-state index in [1.165, 1.54) is 22.4 Å². The third kappa shape index (κ3) is 4.39. The van der Waals surface area contributed by atoms with Crippen LogP contribution in [0.1, 0.15) is 33.6 Å². The molecule has 156 valence electrons. The van der Waals surface area contributed by atoms with Crippen LogP contribution in [0.4, 0.5) is 10.5 Å². The van der Waals surface area contributed by atoms with Gasteiger partial charge in [-0.1, -0.05) is 42.0 Å². The second kappa shape index (κ2) is 8.71. The van der Waals surface area contributed by atoms with Crippen molar-refractivity contribution in [3.8, 4) is 0 Å². The molecule has 0 unspecified atom stereocenters. The summed E-state index contributed by atoms with van der Waals surface area (Å²) >= 11 is 0. The largest absolute Gasteiger partial charge is 0.370 e. The standard InChI is InChI=1S/C24H28N4O2/c1-17-8-10-20(11-9-17)25-24(29)28-13-12-23-21(14-28)22(26-27(23)3)16-30-15-19-7-5-4-6-18(19)2/h4-11H,12-16H2,1-3H3,(H,25,29). The van der Waals surface area contributed by atoms with Crippen molar-refractivity contribution < 1.29 is 9.53 Å². The van der Waals surface area contributed by atoms with Crippen molar-refractivity contribution in [2.75, 3.05) is 11.9 Å². The lowest BCUT2D eigenvalue weighted by Gasteiger charge is -2.28. The molecule has 0 saturated carbocycles. The fourth-order valence-electron chi connectivity index (χ4n) is 3.83. The number of hydrogen-bond acceptors (Lipinski definition) is 3. The van der Waals surface area contributed by atoms with Crippen LogP contribution in [-0.2, 0) is 38.0 Å². The molecule has 30 heavy (non-hydrogen) atoms. The molecule has 1 aromatic heterocycles. The zero-order valence-electron chi connectivity index (χ0n) is 17.8. The molecule has 6 heteroatoms. The Balaban J connectivity index is 1.41. The molecule has 1 N–H and O–H groups in total. The maximum Gasteiger partial charge on any atom is 0.322 e. The molecule has 6 nitrogen and oxygen atoms in total. The Morgan fingerprint density at radius 1 is 1.10 bits per heavy atom. The van der Waals surface area contributed by atoms with Gasteiger partial charge in [-0.3, -0.25) is 4.68 Å². The van der Waals surface area contributed by atoms with E-state index in [9.17, 15) is 4.79 Å². The average Bonchev–Trinajstić information content (AvgIpc) is 3.06.